The maximum Gasteiger partial charge on any atom is 0.279 e. The summed E-state index contributed by atoms with van der Waals surface area (Å²) in [5.74, 6) is 1.09. The van der Waals surface area contributed by atoms with Crippen molar-refractivity contribution >= 4 is 11.7 Å². The number of anilines is 1. The highest BCUT2D eigenvalue weighted by Gasteiger charge is 2.21. The van der Waals surface area contributed by atoms with E-state index in [1.54, 1.807) is 30.3 Å². The zero-order chi connectivity index (χ0) is 22.9. The zero-order valence-electron chi connectivity index (χ0n) is 17.6. The molecule has 33 heavy (non-hydrogen) atoms. The van der Waals surface area contributed by atoms with Crippen molar-refractivity contribution in [1.29, 1.82) is 0 Å². The molecule has 0 saturated carbocycles. The van der Waals surface area contributed by atoms with E-state index in [1.807, 2.05) is 13.8 Å². The van der Waals surface area contributed by atoms with Crippen molar-refractivity contribution in [2.75, 3.05) is 5.32 Å². The Morgan fingerprint density at radius 3 is 2.52 bits per heavy atom. The number of hydrogen-bond acceptors (Lipinski definition) is 8. The van der Waals surface area contributed by atoms with E-state index in [0.717, 1.165) is 0 Å². The highest BCUT2D eigenvalue weighted by molar-refractivity contribution is 6.03. The summed E-state index contributed by atoms with van der Waals surface area (Å²) < 4.78 is 17.2. The largest absolute Gasteiger partial charge is 0.463 e. The number of rotatable bonds is 6. The number of hydrogen-bond donors (Lipinski definition) is 2. The van der Waals surface area contributed by atoms with Crippen LogP contribution >= 0.6 is 0 Å². The molecule has 5 aromatic heterocycles. The van der Waals surface area contributed by atoms with Gasteiger partial charge in [0, 0.05) is 18.2 Å². The molecule has 0 atom stereocenters. The fourth-order valence-corrected chi connectivity index (χ4v) is 3.13. The fourth-order valence-electron chi connectivity index (χ4n) is 3.13. The molecule has 0 saturated heterocycles. The number of carbonyl (C=O) groups excluding carboxylic acids is 1. The summed E-state index contributed by atoms with van der Waals surface area (Å²) in [6.07, 6.45) is 3.00. The van der Waals surface area contributed by atoms with Gasteiger partial charge in [-0.2, -0.15) is 9.78 Å². The molecule has 0 radical (unpaired) electrons. The number of aromatic nitrogens is 5. The summed E-state index contributed by atoms with van der Waals surface area (Å²) in [6.45, 7) is 3.85. The molecular formula is C22H18N6O5. The highest BCUT2D eigenvalue weighted by Crippen LogP contribution is 2.26. The minimum absolute atomic E-state index is 0.0133. The van der Waals surface area contributed by atoms with Crippen LogP contribution in [-0.4, -0.2) is 30.8 Å². The lowest BCUT2D eigenvalue weighted by Gasteiger charge is -2.09. The first-order chi connectivity index (χ1) is 16.0. The van der Waals surface area contributed by atoms with Gasteiger partial charge in [-0.1, -0.05) is 19.0 Å². The topological polar surface area (TPSA) is 145 Å². The normalized spacial score (nSPS) is 11.2. The fraction of sp³-hybridized carbons (Fsp3) is 0.136. The number of nitrogens with zero attached hydrogens (tertiary/aromatic N) is 4. The van der Waals surface area contributed by atoms with Crippen molar-refractivity contribution in [2.24, 2.45) is 0 Å². The van der Waals surface area contributed by atoms with E-state index in [4.69, 9.17) is 13.4 Å². The molecule has 1 amide bonds. The van der Waals surface area contributed by atoms with Crippen molar-refractivity contribution in [3.8, 4) is 28.9 Å². The third kappa shape index (κ3) is 3.99. The number of amides is 1. The number of furan rings is 2. The summed E-state index contributed by atoms with van der Waals surface area (Å²) >= 11 is 0. The second kappa shape index (κ2) is 8.11. The smallest absolute Gasteiger partial charge is 0.279 e. The molecule has 0 aliphatic rings. The van der Waals surface area contributed by atoms with E-state index in [-0.39, 0.29) is 28.9 Å². The Hall–Kier alpha value is -4.67. The lowest BCUT2D eigenvalue weighted by molar-refractivity contribution is 0.101. The van der Waals surface area contributed by atoms with Gasteiger partial charge in [0.25, 0.3) is 11.5 Å². The van der Waals surface area contributed by atoms with E-state index in [9.17, 15) is 9.59 Å². The van der Waals surface area contributed by atoms with Gasteiger partial charge in [-0.15, -0.1) is 0 Å². The molecule has 0 aromatic carbocycles. The van der Waals surface area contributed by atoms with Crippen LogP contribution in [0, 0.1) is 0 Å². The lowest BCUT2D eigenvalue weighted by atomic mass is 10.1. The Bertz CT molecular complexity index is 1460. The zero-order valence-corrected chi connectivity index (χ0v) is 17.6. The van der Waals surface area contributed by atoms with Gasteiger partial charge < -0.3 is 18.7 Å². The average Bonchev–Trinajstić information content (AvgIpc) is 3.60. The Morgan fingerprint density at radius 2 is 1.82 bits per heavy atom. The maximum atomic E-state index is 12.9. The van der Waals surface area contributed by atoms with Gasteiger partial charge in [0.1, 0.15) is 11.5 Å². The van der Waals surface area contributed by atoms with Crippen molar-refractivity contribution in [3.63, 3.8) is 0 Å². The Balaban J connectivity index is 1.53. The van der Waals surface area contributed by atoms with Crippen molar-refractivity contribution in [2.45, 2.75) is 19.8 Å². The number of nitrogens with one attached hydrogen (secondary N) is 2. The molecule has 11 nitrogen and oxygen atoms in total. The molecule has 0 bridgehead atoms. The van der Waals surface area contributed by atoms with Crippen LogP contribution in [0.2, 0.25) is 0 Å². The number of carbonyl (C=O) groups is 1. The van der Waals surface area contributed by atoms with Gasteiger partial charge in [-0.3, -0.25) is 14.6 Å². The van der Waals surface area contributed by atoms with Crippen LogP contribution < -0.4 is 10.9 Å². The molecule has 5 aromatic rings. The van der Waals surface area contributed by atoms with Gasteiger partial charge in [0.05, 0.1) is 18.2 Å². The summed E-state index contributed by atoms with van der Waals surface area (Å²) in [4.78, 5) is 32.3. The monoisotopic (exact) mass is 446 g/mol. The minimum Gasteiger partial charge on any atom is -0.463 e. The van der Waals surface area contributed by atoms with Crippen molar-refractivity contribution < 1.29 is 18.2 Å². The van der Waals surface area contributed by atoms with Crippen molar-refractivity contribution in [3.05, 3.63) is 76.7 Å². The molecule has 5 rings (SSSR count). The summed E-state index contributed by atoms with van der Waals surface area (Å²) in [6, 6.07) is 11.3. The predicted octanol–water partition coefficient (Wildman–Crippen LogP) is 3.84. The van der Waals surface area contributed by atoms with Crippen molar-refractivity contribution in [1.82, 2.24) is 24.9 Å². The predicted molar refractivity (Wildman–Crippen MR) is 116 cm³/mol. The van der Waals surface area contributed by atoms with Crippen LogP contribution in [-0.2, 0) is 0 Å². The van der Waals surface area contributed by atoms with E-state index < -0.39 is 5.91 Å². The van der Waals surface area contributed by atoms with E-state index in [2.05, 4.69) is 25.5 Å². The van der Waals surface area contributed by atoms with Gasteiger partial charge in [-0.25, -0.2) is 4.98 Å². The number of H-pyrrole nitrogens is 1. The van der Waals surface area contributed by atoms with E-state index >= 15 is 0 Å². The summed E-state index contributed by atoms with van der Waals surface area (Å²) in [5.41, 5.74) is 0.715. The van der Waals surface area contributed by atoms with Crippen LogP contribution in [0.4, 0.5) is 5.82 Å². The molecule has 0 aliphatic heterocycles. The van der Waals surface area contributed by atoms with Crippen LogP contribution in [0.3, 0.4) is 0 Å². The van der Waals surface area contributed by atoms with Crippen LogP contribution in [0.25, 0.3) is 28.9 Å². The van der Waals surface area contributed by atoms with Gasteiger partial charge >= 0.3 is 0 Å². The first-order valence-electron chi connectivity index (χ1n) is 10.1. The average molecular weight is 446 g/mol. The molecule has 0 unspecified atom stereocenters. The van der Waals surface area contributed by atoms with E-state index in [1.165, 1.54) is 29.3 Å². The van der Waals surface area contributed by atoms with Gasteiger partial charge in [-0.05, 0) is 30.2 Å². The van der Waals surface area contributed by atoms with E-state index in [0.29, 0.717) is 28.7 Å². The van der Waals surface area contributed by atoms with Crippen LogP contribution in [0.15, 0.2) is 73.1 Å². The standard InChI is InChI=1S/C22H18N6O5/c1-12(2)13-11-20(29)25-22(23-13)28-19(10-14(26-28)16-5-3-7-31-16)24-21(30)15-9-18(33-27-15)17-6-4-8-32-17/h3-12H,1-2H3,(H,24,30)(H,23,25,29). The quantitative estimate of drug-likeness (QED) is 0.400. The molecule has 0 spiro atoms. The summed E-state index contributed by atoms with van der Waals surface area (Å²) in [7, 11) is 0. The Labute approximate surface area is 186 Å². The number of aromatic amines is 1. The molecular weight excluding hydrogens is 428 g/mol. The molecule has 0 fully saturated rings. The third-order valence-electron chi connectivity index (χ3n) is 4.77. The van der Waals surface area contributed by atoms with Crippen LogP contribution in [0.1, 0.15) is 35.9 Å². The molecule has 11 heteroatoms. The van der Waals surface area contributed by atoms with Gasteiger partial charge in [0.15, 0.2) is 17.2 Å². The molecule has 166 valence electrons. The summed E-state index contributed by atoms with van der Waals surface area (Å²) in [5, 5.41) is 11.0. The SMILES string of the molecule is CC(C)c1cc(=O)[nH]c(-n2nc(-c3ccco3)cc2NC(=O)c2cc(-c3ccco3)on2)n1. The molecule has 0 aliphatic carbocycles. The third-order valence-corrected chi connectivity index (χ3v) is 4.77. The molecule has 5 heterocycles. The Kier molecular flexibility index (Phi) is 4.98. The maximum absolute atomic E-state index is 12.9. The lowest BCUT2D eigenvalue weighted by Crippen LogP contribution is -2.19. The first kappa shape index (κ1) is 20.2. The first-order valence-corrected chi connectivity index (χ1v) is 10.1. The minimum atomic E-state index is -0.550. The molecule has 2 N–H and O–H groups in total. The van der Waals surface area contributed by atoms with Gasteiger partial charge in [0.2, 0.25) is 11.7 Å². The van der Waals surface area contributed by atoms with Crippen LogP contribution in [0.5, 0.6) is 0 Å². The Morgan fingerprint density at radius 1 is 1.06 bits per heavy atom. The second-order valence-corrected chi connectivity index (χ2v) is 7.46. The second-order valence-electron chi connectivity index (χ2n) is 7.46. The highest BCUT2D eigenvalue weighted by atomic mass is 16.5.